The molecule has 0 radical (unpaired) electrons. The fraction of sp³-hybridized carbons (Fsp3) is 0.472. The molecule has 0 fully saturated rings. The van der Waals surface area contributed by atoms with Gasteiger partial charge in [0.2, 0.25) is 5.91 Å². The molecule has 0 aliphatic heterocycles. The van der Waals surface area contributed by atoms with Gasteiger partial charge in [-0.3, -0.25) is 9.59 Å². The topological polar surface area (TPSA) is 108 Å². The van der Waals surface area contributed by atoms with Crippen LogP contribution in [0.1, 0.15) is 85.4 Å². The van der Waals surface area contributed by atoms with E-state index < -0.39 is 29.7 Å². The zero-order chi connectivity index (χ0) is 32.8. The average molecular weight is 604 g/mol. The first kappa shape index (κ1) is 34.4. The maximum atomic E-state index is 14.6. The number of anilines is 1. The van der Waals surface area contributed by atoms with Gasteiger partial charge in [0, 0.05) is 11.7 Å². The summed E-state index contributed by atoms with van der Waals surface area (Å²) in [6.45, 7) is 16.9. The lowest BCUT2D eigenvalue weighted by Crippen LogP contribution is -2.56. The number of ether oxygens (including phenoxy) is 1. The van der Waals surface area contributed by atoms with E-state index in [1.807, 2.05) is 63.2 Å². The van der Waals surface area contributed by atoms with Gasteiger partial charge in [0.25, 0.3) is 5.91 Å². The van der Waals surface area contributed by atoms with Crippen molar-refractivity contribution >= 4 is 34.4 Å². The zero-order valence-corrected chi connectivity index (χ0v) is 27.6. The van der Waals surface area contributed by atoms with E-state index in [0.29, 0.717) is 29.2 Å². The quantitative estimate of drug-likeness (QED) is 0.208. The number of aromatic hydroxyl groups is 1. The molecule has 8 heteroatoms. The Morgan fingerprint density at radius 3 is 2.14 bits per heavy atom. The van der Waals surface area contributed by atoms with Gasteiger partial charge in [-0.05, 0) is 105 Å². The van der Waals surface area contributed by atoms with E-state index in [1.54, 1.807) is 50.8 Å². The van der Waals surface area contributed by atoms with Crippen LogP contribution in [-0.2, 0) is 14.3 Å². The van der Waals surface area contributed by atoms with Gasteiger partial charge in [-0.25, -0.2) is 4.79 Å². The Hall–Kier alpha value is -4.07. The van der Waals surface area contributed by atoms with Crippen LogP contribution >= 0.6 is 0 Å². The standard InChI is InChI=1S/C36H49N3O5/c1-22(2)14-15-25(6)39(34(42)31(23(3)4)38-35(43)44-36(7,8)9)32(28-17-19-30(40)24(5)20-28)33(41)37-29-18-16-26-12-10-11-13-27(26)21-29/h10-13,16-23,25,31-32,40H,14-15H2,1-9H3,(H,37,41)(H,38,43). The second kappa shape index (κ2) is 14.6. The van der Waals surface area contributed by atoms with Crippen molar-refractivity contribution in [3.63, 3.8) is 0 Å². The summed E-state index contributed by atoms with van der Waals surface area (Å²) < 4.78 is 5.50. The van der Waals surface area contributed by atoms with E-state index in [-0.39, 0.29) is 23.6 Å². The number of nitrogens with one attached hydrogen (secondary N) is 2. The minimum Gasteiger partial charge on any atom is -0.508 e. The molecular weight excluding hydrogens is 554 g/mol. The van der Waals surface area contributed by atoms with Crippen LogP contribution in [0.25, 0.3) is 10.8 Å². The highest BCUT2D eigenvalue weighted by Gasteiger charge is 2.40. The first-order chi connectivity index (χ1) is 20.6. The molecule has 238 valence electrons. The smallest absolute Gasteiger partial charge is 0.408 e. The number of carbonyl (C=O) groups is 3. The van der Waals surface area contributed by atoms with Gasteiger partial charge < -0.3 is 25.4 Å². The second-order valence-electron chi connectivity index (χ2n) is 13.4. The lowest BCUT2D eigenvalue weighted by molar-refractivity contribution is -0.144. The monoisotopic (exact) mass is 603 g/mol. The highest BCUT2D eigenvalue weighted by atomic mass is 16.6. The minimum absolute atomic E-state index is 0.0971. The summed E-state index contributed by atoms with van der Waals surface area (Å²) in [6.07, 6.45) is 0.791. The summed E-state index contributed by atoms with van der Waals surface area (Å²) in [4.78, 5) is 43.4. The molecule has 0 aliphatic rings. The fourth-order valence-electron chi connectivity index (χ4n) is 5.19. The molecule has 3 unspecified atom stereocenters. The molecule has 3 aromatic carbocycles. The Morgan fingerprint density at radius 2 is 1.55 bits per heavy atom. The number of aryl methyl sites for hydroxylation is 1. The summed E-state index contributed by atoms with van der Waals surface area (Å²) in [5.74, 6) is -0.585. The summed E-state index contributed by atoms with van der Waals surface area (Å²) in [6, 6.07) is 16.2. The van der Waals surface area contributed by atoms with Crippen molar-refractivity contribution in [3.05, 3.63) is 71.8 Å². The molecule has 3 amide bonds. The molecule has 0 heterocycles. The molecule has 0 saturated heterocycles. The van der Waals surface area contributed by atoms with Gasteiger partial charge in [-0.15, -0.1) is 0 Å². The van der Waals surface area contributed by atoms with E-state index in [0.717, 1.165) is 17.2 Å². The van der Waals surface area contributed by atoms with Crippen molar-refractivity contribution in [2.45, 2.75) is 98.9 Å². The number of benzene rings is 3. The van der Waals surface area contributed by atoms with Gasteiger partial charge >= 0.3 is 6.09 Å². The van der Waals surface area contributed by atoms with Gasteiger partial charge in [0.15, 0.2) is 0 Å². The fourth-order valence-corrected chi connectivity index (χ4v) is 5.19. The van der Waals surface area contributed by atoms with E-state index >= 15 is 0 Å². The van der Waals surface area contributed by atoms with E-state index in [2.05, 4.69) is 24.5 Å². The van der Waals surface area contributed by atoms with Crippen LogP contribution in [0.5, 0.6) is 5.75 Å². The van der Waals surface area contributed by atoms with E-state index in [9.17, 15) is 19.5 Å². The lowest BCUT2D eigenvalue weighted by atomic mass is 9.94. The predicted octanol–water partition coefficient (Wildman–Crippen LogP) is 7.74. The maximum Gasteiger partial charge on any atom is 0.408 e. The van der Waals surface area contributed by atoms with Crippen LogP contribution < -0.4 is 10.6 Å². The van der Waals surface area contributed by atoms with Crippen molar-refractivity contribution in [1.82, 2.24) is 10.2 Å². The van der Waals surface area contributed by atoms with Crippen molar-refractivity contribution in [3.8, 4) is 5.75 Å². The number of amides is 3. The lowest BCUT2D eigenvalue weighted by Gasteiger charge is -2.39. The molecule has 0 saturated carbocycles. The average Bonchev–Trinajstić information content (AvgIpc) is 2.93. The van der Waals surface area contributed by atoms with E-state index in [4.69, 9.17) is 4.74 Å². The summed E-state index contributed by atoms with van der Waals surface area (Å²) in [5, 5.41) is 18.2. The number of fused-ring (bicyclic) bond motifs is 1. The minimum atomic E-state index is -1.04. The van der Waals surface area contributed by atoms with Gasteiger partial charge in [0.1, 0.15) is 23.4 Å². The number of hydrogen-bond donors (Lipinski definition) is 3. The third-order valence-electron chi connectivity index (χ3n) is 7.58. The Labute approximate surface area is 262 Å². The van der Waals surface area contributed by atoms with Gasteiger partial charge in [-0.1, -0.05) is 64.1 Å². The Bertz CT molecular complexity index is 1460. The molecular formula is C36H49N3O5. The van der Waals surface area contributed by atoms with Crippen molar-refractivity contribution in [2.24, 2.45) is 11.8 Å². The van der Waals surface area contributed by atoms with Crippen LogP contribution in [0, 0.1) is 18.8 Å². The molecule has 3 aromatic rings. The number of phenols is 1. The predicted molar refractivity (Wildman–Crippen MR) is 177 cm³/mol. The van der Waals surface area contributed by atoms with Gasteiger partial charge in [-0.2, -0.15) is 0 Å². The summed E-state index contributed by atoms with van der Waals surface area (Å²) in [7, 11) is 0. The molecule has 0 spiro atoms. The first-order valence-electron chi connectivity index (χ1n) is 15.5. The molecule has 0 bridgehead atoms. The molecule has 8 nitrogen and oxygen atoms in total. The third kappa shape index (κ3) is 9.21. The van der Waals surface area contributed by atoms with Crippen LogP contribution in [-0.4, -0.2) is 45.6 Å². The number of rotatable bonds is 11. The van der Waals surface area contributed by atoms with Crippen LogP contribution in [0.2, 0.25) is 0 Å². The van der Waals surface area contributed by atoms with Gasteiger partial charge in [0.05, 0.1) is 0 Å². The molecule has 3 rings (SSSR count). The third-order valence-corrected chi connectivity index (χ3v) is 7.58. The normalized spacial score (nSPS) is 13.8. The Kier molecular flexibility index (Phi) is 11.4. The molecule has 44 heavy (non-hydrogen) atoms. The molecule has 0 aromatic heterocycles. The van der Waals surface area contributed by atoms with Crippen molar-refractivity contribution in [1.29, 1.82) is 0 Å². The largest absolute Gasteiger partial charge is 0.508 e. The maximum absolute atomic E-state index is 14.6. The highest BCUT2D eigenvalue weighted by molar-refractivity contribution is 6.00. The second-order valence-corrected chi connectivity index (χ2v) is 13.4. The molecule has 0 aliphatic carbocycles. The van der Waals surface area contributed by atoms with Crippen LogP contribution in [0.15, 0.2) is 60.7 Å². The summed E-state index contributed by atoms with van der Waals surface area (Å²) >= 11 is 0. The SMILES string of the molecule is Cc1cc(C(C(=O)Nc2ccc3ccccc3c2)N(C(=O)C(NC(=O)OC(C)(C)C)C(C)C)C(C)CCC(C)C)ccc1O. The van der Waals surface area contributed by atoms with E-state index in [1.165, 1.54) is 0 Å². The Balaban J connectivity index is 2.12. The number of phenolic OH excluding ortho intramolecular Hbond substituents is 1. The highest BCUT2D eigenvalue weighted by Crippen LogP contribution is 2.32. The molecule has 3 N–H and O–H groups in total. The number of carbonyl (C=O) groups excluding carboxylic acids is 3. The van der Waals surface area contributed by atoms with Crippen molar-refractivity contribution < 1.29 is 24.2 Å². The number of hydrogen-bond acceptors (Lipinski definition) is 5. The van der Waals surface area contributed by atoms with Crippen molar-refractivity contribution in [2.75, 3.05) is 5.32 Å². The Morgan fingerprint density at radius 1 is 0.886 bits per heavy atom. The zero-order valence-electron chi connectivity index (χ0n) is 27.6. The number of nitrogens with zero attached hydrogens (tertiary/aromatic N) is 1. The number of alkyl carbamates (subject to hydrolysis) is 1. The van der Waals surface area contributed by atoms with Crippen LogP contribution in [0.4, 0.5) is 10.5 Å². The first-order valence-corrected chi connectivity index (χ1v) is 15.5. The summed E-state index contributed by atoms with van der Waals surface area (Å²) in [5.41, 5.74) is 0.998. The molecule has 3 atom stereocenters. The van der Waals surface area contributed by atoms with Crippen LogP contribution in [0.3, 0.4) is 0 Å².